The molecule has 0 spiro atoms. The monoisotopic (exact) mass is 432 g/mol. The molecule has 0 aliphatic carbocycles. The van der Waals surface area contributed by atoms with Crippen LogP contribution in [0.1, 0.15) is 18.0 Å². The van der Waals surface area contributed by atoms with E-state index in [9.17, 15) is 9.18 Å². The Hall–Kier alpha value is -2.78. The van der Waals surface area contributed by atoms with E-state index in [0.717, 1.165) is 23.9 Å². The number of anilines is 1. The van der Waals surface area contributed by atoms with Gasteiger partial charge in [-0.15, -0.1) is 0 Å². The highest BCUT2D eigenvalue weighted by Gasteiger charge is 2.33. The third-order valence-corrected chi connectivity index (χ3v) is 5.84. The second kappa shape index (κ2) is 8.53. The fourth-order valence-electron chi connectivity index (χ4n) is 4.03. The lowest BCUT2D eigenvalue weighted by Crippen LogP contribution is -2.25. The average Bonchev–Trinajstić information content (AvgIpc) is 3.32. The van der Waals surface area contributed by atoms with Crippen molar-refractivity contribution >= 4 is 34.4 Å². The zero-order valence-corrected chi connectivity index (χ0v) is 17.4. The Balaban J connectivity index is 1.53. The number of halogens is 2. The highest BCUT2D eigenvalue weighted by molar-refractivity contribution is 6.30. The van der Waals surface area contributed by atoms with Crippen molar-refractivity contribution in [3.63, 3.8) is 0 Å². The number of benzene rings is 1. The summed E-state index contributed by atoms with van der Waals surface area (Å²) in [5, 5.41) is 8.47. The van der Waals surface area contributed by atoms with Crippen LogP contribution in [0.15, 0.2) is 30.7 Å². The van der Waals surface area contributed by atoms with E-state index in [2.05, 4.69) is 25.3 Å². The lowest BCUT2D eigenvalue weighted by Gasteiger charge is -2.26. The number of hydrogen-bond acceptors (Lipinski definition) is 7. The Morgan fingerprint density at radius 3 is 3.00 bits per heavy atom. The van der Waals surface area contributed by atoms with Crippen molar-refractivity contribution in [2.24, 2.45) is 5.92 Å². The minimum absolute atomic E-state index is 0.0198. The van der Waals surface area contributed by atoms with Crippen molar-refractivity contribution in [2.75, 3.05) is 32.6 Å². The summed E-state index contributed by atoms with van der Waals surface area (Å²) < 4.78 is 20.2. The van der Waals surface area contributed by atoms with Crippen molar-refractivity contribution < 1.29 is 13.9 Å². The maximum absolute atomic E-state index is 14.0. The molecule has 1 saturated heterocycles. The molecule has 8 nitrogen and oxygen atoms in total. The number of aromatic nitrogens is 4. The number of nitrogens with zero attached hydrogens (tertiary/aromatic N) is 5. The van der Waals surface area contributed by atoms with Gasteiger partial charge in [0.1, 0.15) is 24.5 Å². The second-order valence-corrected chi connectivity index (χ2v) is 7.77. The summed E-state index contributed by atoms with van der Waals surface area (Å²) in [7, 11) is 3.37. The summed E-state index contributed by atoms with van der Waals surface area (Å²) in [6.07, 6.45) is 4.04. The predicted molar refractivity (Wildman–Crippen MR) is 111 cm³/mol. The fraction of sp³-hybridized carbons (Fsp3) is 0.400. The first-order chi connectivity index (χ1) is 14.5. The first kappa shape index (κ1) is 20.5. The standard InChI is InChI=1S/C20H22ClFN6O2/c1-27-6-5-13(18(27)12-3-4-15(21)16(22)7-12)8-23-19-14-9-26-28(10-17(29)30-2)20(14)25-11-24-19/h3-4,7,9,11,13,18H,5-6,8,10H2,1-2H3,(H,23,24,25). The van der Waals surface area contributed by atoms with Gasteiger partial charge in [-0.3, -0.25) is 9.69 Å². The van der Waals surface area contributed by atoms with Crippen LogP contribution in [0, 0.1) is 11.7 Å². The number of carbonyl (C=O) groups excluding carboxylic acids is 1. The summed E-state index contributed by atoms with van der Waals surface area (Å²) >= 11 is 5.85. The molecular weight excluding hydrogens is 411 g/mol. The Morgan fingerprint density at radius 2 is 2.23 bits per heavy atom. The molecule has 0 amide bonds. The largest absolute Gasteiger partial charge is 0.468 e. The lowest BCUT2D eigenvalue weighted by atomic mass is 9.93. The van der Waals surface area contributed by atoms with Crippen molar-refractivity contribution in [2.45, 2.75) is 19.0 Å². The summed E-state index contributed by atoms with van der Waals surface area (Å²) in [6, 6.07) is 5.07. The molecule has 2 atom stereocenters. The molecule has 1 aromatic carbocycles. The number of esters is 1. The van der Waals surface area contributed by atoms with Crippen LogP contribution in [0.3, 0.4) is 0 Å². The van der Waals surface area contributed by atoms with E-state index < -0.39 is 11.8 Å². The molecule has 1 aliphatic rings. The van der Waals surface area contributed by atoms with E-state index in [1.165, 1.54) is 24.2 Å². The average molecular weight is 433 g/mol. The van der Waals surface area contributed by atoms with Crippen molar-refractivity contribution in [3.05, 3.63) is 47.1 Å². The quantitative estimate of drug-likeness (QED) is 0.599. The molecule has 3 aromatic rings. The molecule has 4 rings (SSSR count). The van der Waals surface area contributed by atoms with Gasteiger partial charge in [-0.2, -0.15) is 5.10 Å². The van der Waals surface area contributed by atoms with Gasteiger partial charge in [0.15, 0.2) is 5.65 Å². The summed E-state index contributed by atoms with van der Waals surface area (Å²) in [5.41, 5.74) is 1.46. The molecule has 2 unspecified atom stereocenters. The van der Waals surface area contributed by atoms with Gasteiger partial charge in [-0.25, -0.2) is 19.0 Å². The Labute approximate surface area is 178 Å². The van der Waals surface area contributed by atoms with Gasteiger partial charge in [-0.05, 0) is 43.6 Å². The minimum atomic E-state index is -0.406. The summed E-state index contributed by atoms with van der Waals surface area (Å²) in [5.74, 6) is 0.0919. The highest BCUT2D eigenvalue weighted by Crippen LogP contribution is 2.37. The molecule has 0 radical (unpaired) electrons. The van der Waals surface area contributed by atoms with Crippen LogP contribution in [-0.2, 0) is 16.1 Å². The number of methoxy groups -OCH3 is 1. The second-order valence-electron chi connectivity index (χ2n) is 7.37. The highest BCUT2D eigenvalue weighted by atomic mass is 35.5. The normalized spacial score (nSPS) is 19.3. The Morgan fingerprint density at radius 1 is 1.40 bits per heavy atom. The molecule has 1 aliphatic heterocycles. The van der Waals surface area contributed by atoms with Gasteiger partial charge in [0, 0.05) is 12.6 Å². The van der Waals surface area contributed by atoms with E-state index in [1.807, 2.05) is 13.1 Å². The number of nitrogens with one attached hydrogen (secondary N) is 1. The molecule has 2 aromatic heterocycles. The first-order valence-corrected chi connectivity index (χ1v) is 9.98. The number of rotatable bonds is 6. The lowest BCUT2D eigenvalue weighted by molar-refractivity contribution is -0.141. The smallest absolute Gasteiger partial charge is 0.327 e. The Bertz CT molecular complexity index is 1070. The van der Waals surface area contributed by atoms with Gasteiger partial charge in [0.25, 0.3) is 0 Å². The molecular formula is C20H22ClFN6O2. The van der Waals surface area contributed by atoms with Gasteiger partial charge in [0.05, 0.1) is 23.7 Å². The maximum Gasteiger partial charge on any atom is 0.327 e. The number of fused-ring (bicyclic) bond motifs is 1. The first-order valence-electron chi connectivity index (χ1n) is 9.60. The van der Waals surface area contributed by atoms with Crippen LogP contribution in [0.5, 0.6) is 0 Å². The van der Waals surface area contributed by atoms with Crippen LogP contribution in [0.2, 0.25) is 5.02 Å². The van der Waals surface area contributed by atoms with Crippen LogP contribution >= 0.6 is 11.6 Å². The summed E-state index contributed by atoms with van der Waals surface area (Å²) in [6.45, 7) is 1.54. The van der Waals surface area contributed by atoms with E-state index in [1.54, 1.807) is 12.3 Å². The van der Waals surface area contributed by atoms with Crippen LogP contribution in [-0.4, -0.2) is 57.9 Å². The van der Waals surface area contributed by atoms with Crippen LogP contribution in [0.4, 0.5) is 10.2 Å². The molecule has 0 saturated carbocycles. The SMILES string of the molecule is COC(=O)Cn1ncc2c(NCC3CCN(C)C3c3ccc(Cl)c(F)c3)ncnc21. The van der Waals surface area contributed by atoms with Crippen molar-refractivity contribution in [1.29, 1.82) is 0 Å². The molecule has 1 N–H and O–H groups in total. The number of ether oxygens (including phenoxy) is 1. The van der Waals surface area contributed by atoms with Gasteiger partial charge < -0.3 is 10.1 Å². The van der Waals surface area contributed by atoms with E-state index in [4.69, 9.17) is 16.3 Å². The molecule has 0 bridgehead atoms. The molecule has 3 heterocycles. The maximum atomic E-state index is 14.0. The van der Waals surface area contributed by atoms with Crippen LogP contribution in [0.25, 0.3) is 11.0 Å². The Kier molecular flexibility index (Phi) is 5.83. The zero-order valence-electron chi connectivity index (χ0n) is 16.7. The number of likely N-dealkylation sites (tertiary alicyclic amines) is 1. The van der Waals surface area contributed by atoms with Gasteiger partial charge in [-0.1, -0.05) is 17.7 Å². The molecule has 10 heteroatoms. The third-order valence-electron chi connectivity index (χ3n) is 5.53. The molecule has 1 fully saturated rings. The zero-order chi connectivity index (χ0) is 21.3. The van der Waals surface area contributed by atoms with E-state index >= 15 is 0 Å². The predicted octanol–water partition coefficient (Wildman–Crippen LogP) is 2.90. The van der Waals surface area contributed by atoms with Gasteiger partial charge in [0.2, 0.25) is 0 Å². The fourth-order valence-corrected chi connectivity index (χ4v) is 4.14. The van der Waals surface area contributed by atoms with E-state index in [0.29, 0.717) is 18.0 Å². The van der Waals surface area contributed by atoms with E-state index in [-0.39, 0.29) is 23.5 Å². The van der Waals surface area contributed by atoms with Crippen molar-refractivity contribution in [1.82, 2.24) is 24.6 Å². The minimum Gasteiger partial charge on any atom is -0.468 e. The number of hydrogen-bond donors (Lipinski definition) is 1. The summed E-state index contributed by atoms with van der Waals surface area (Å²) in [4.78, 5) is 22.4. The number of carbonyl (C=O) groups is 1. The van der Waals surface area contributed by atoms with Crippen LogP contribution < -0.4 is 5.32 Å². The van der Waals surface area contributed by atoms with Gasteiger partial charge >= 0.3 is 5.97 Å². The van der Waals surface area contributed by atoms with Crippen molar-refractivity contribution in [3.8, 4) is 0 Å². The third kappa shape index (κ3) is 3.95. The topological polar surface area (TPSA) is 85.2 Å². The molecule has 30 heavy (non-hydrogen) atoms. The molecule has 158 valence electrons.